The Hall–Kier alpha value is -3.16. The molecule has 1 aliphatic heterocycles. The van der Waals surface area contributed by atoms with Gasteiger partial charge in [0.25, 0.3) is 0 Å². The summed E-state index contributed by atoms with van der Waals surface area (Å²) in [5.41, 5.74) is 2.08. The molecule has 0 saturated carbocycles. The highest BCUT2D eigenvalue weighted by atomic mass is 16.6. The third-order valence-corrected chi connectivity index (χ3v) is 4.92. The second-order valence-electron chi connectivity index (χ2n) is 7.06. The second kappa shape index (κ2) is 9.86. The molecule has 1 aromatic carbocycles. The van der Waals surface area contributed by atoms with E-state index in [0.29, 0.717) is 37.8 Å². The molecule has 1 saturated heterocycles. The van der Waals surface area contributed by atoms with Crippen LogP contribution in [0.15, 0.2) is 36.4 Å². The number of ether oxygens (including phenoxy) is 1. The van der Waals surface area contributed by atoms with Gasteiger partial charge >= 0.3 is 6.09 Å². The van der Waals surface area contributed by atoms with Crippen molar-refractivity contribution >= 4 is 23.6 Å². The van der Waals surface area contributed by atoms with Crippen LogP contribution in [0.1, 0.15) is 30.9 Å². The number of aryl methyl sites for hydroxylation is 1. The van der Waals surface area contributed by atoms with Crippen molar-refractivity contribution in [3.05, 3.63) is 47.5 Å². The Morgan fingerprint density at radius 3 is 2.45 bits per heavy atom. The van der Waals surface area contributed by atoms with Crippen LogP contribution in [0.3, 0.4) is 0 Å². The number of aromatic nitrogens is 2. The van der Waals surface area contributed by atoms with Crippen LogP contribution in [-0.4, -0.2) is 52.8 Å². The highest BCUT2D eigenvalue weighted by molar-refractivity contribution is 5.91. The smallest absolute Gasteiger partial charge is 0.409 e. The Labute approximate surface area is 170 Å². The molecule has 1 aromatic heterocycles. The van der Waals surface area contributed by atoms with E-state index in [0.717, 1.165) is 24.0 Å². The Morgan fingerprint density at radius 1 is 1.10 bits per heavy atom. The van der Waals surface area contributed by atoms with Crippen molar-refractivity contribution in [1.29, 1.82) is 0 Å². The minimum atomic E-state index is -0.253. The van der Waals surface area contributed by atoms with Gasteiger partial charge in [-0.1, -0.05) is 24.3 Å². The quantitative estimate of drug-likeness (QED) is 0.778. The van der Waals surface area contributed by atoms with Crippen molar-refractivity contribution in [2.75, 3.05) is 30.3 Å². The van der Waals surface area contributed by atoms with Gasteiger partial charge in [0.2, 0.25) is 5.91 Å². The molecule has 3 rings (SSSR count). The average Bonchev–Trinajstić information content (AvgIpc) is 2.72. The highest BCUT2D eigenvalue weighted by Gasteiger charge is 2.23. The Morgan fingerprint density at radius 2 is 1.79 bits per heavy atom. The van der Waals surface area contributed by atoms with Crippen LogP contribution >= 0.6 is 0 Å². The van der Waals surface area contributed by atoms with E-state index in [4.69, 9.17) is 4.74 Å². The largest absolute Gasteiger partial charge is 0.450 e. The average molecular weight is 397 g/mol. The van der Waals surface area contributed by atoms with Crippen LogP contribution in [0.25, 0.3) is 0 Å². The van der Waals surface area contributed by atoms with Gasteiger partial charge in [-0.25, -0.2) is 4.79 Å². The summed E-state index contributed by atoms with van der Waals surface area (Å²) >= 11 is 0. The first-order chi connectivity index (χ1) is 14.0. The van der Waals surface area contributed by atoms with Gasteiger partial charge in [0.1, 0.15) is 5.82 Å². The number of benzene rings is 1. The summed E-state index contributed by atoms with van der Waals surface area (Å²) in [5, 5.41) is 14.4. The van der Waals surface area contributed by atoms with Crippen LogP contribution < -0.4 is 10.6 Å². The number of hydrogen-bond acceptors (Lipinski definition) is 6. The summed E-state index contributed by atoms with van der Waals surface area (Å²) in [6.07, 6.45) is 1.68. The fourth-order valence-electron chi connectivity index (χ4n) is 3.27. The number of hydrogen-bond donors (Lipinski definition) is 2. The standard InChI is InChI=1S/C21H27N5O3/c1-3-29-21(28)26-12-10-17(11-13-26)22-18-8-9-19(25-24-18)23-20(27)14-16-7-5-4-6-15(16)2/h4-9,17H,3,10-14H2,1-2H3,(H,22,24)(H,23,25,27). The first-order valence-electron chi connectivity index (χ1n) is 9.91. The number of piperidine rings is 1. The van der Waals surface area contributed by atoms with Gasteiger partial charge in [-0.15, -0.1) is 10.2 Å². The van der Waals surface area contributed by atoms with Gasteiger partial charge in [0.05, 0.1) is 13.0 Å². The van der Waals surface area contributed by atoms with E-state index in [-0.39, 0.29) is 18.0 Å². The van der Waals surface area contributed by atoms with Crippen LogP contribution in [0.2, 0.25) is 0 Å². The molecule has 1 aliphatic rings. The molecule has 2 aromatic rings. The van der Waals surface area contributed by atoms with E-state index in [1.165, 1.54) is 0 Å². The zero-order valence-corrected chi connectivity index (χ0v) is 16.9. The molecule has 0 bridgehead atoms. The lowest BCUT2D eigenvalue weighted by atomic mass is 10.1. The lowest BCUT2D eigenvalue weighted by molar-refractivity contribution is -0.115. The summed E-state index contributed by atoms with van der Waals surface area (Å²) in [5.74, 6) is 0.948. The van der Waals surface area contributed by atoms with Crippen LogP contribution in [0.4, 0.5) is 16.4 Å². The molecule has 0 unspecified atom stereocenters. The van der Waals surface area contributed by atoms with Crippen LogP contribution in [0, 0.1) is 6.92 Å². The highest BCUT2D eigenvalue weighted by Crippen LogP contribution is 2.16. The summed E-state index contributed by atoms with van der Waals surface area (Å²) in [7, 11) is 0. The Kier molecular flexibility index (Phi) is 6.99. The number of likely N-dealkylation sites (tertiary alicyclic amines) is 1. The SMILES string of the molecule is CCOC(=O)N1CCC(Nc2ccc(NC(=O)Cc3ccccc3C)nn2)CC1. The number of nitrogens with one attached hydrogen (secondary N) is 2. The number of carbonyl (C=O) groups excluding carboxylic acids is 2. The second-order valence-corrected chi connectivity index (χ2v) is 7.06. The van der Waals surface area contributed by atoms with E-state index in [2.05, 4.69) is 20.8 Å². The van der Waals surface area contributed by atoms with Crippen molar-refractivity contribution in [1.82, 2.24) is 15.1 Å². The lowest BCUT2D eigenvalue weighted by Gasteiger charge is -2.31. The number of rotatable bonds is 6. The van der Waals surface area contributed by atoms with Crippen LogP contribution in [0.5, 0.6) is 0 Å². The fraction of sp³-hybridized carbons (Fsp3) is 0.429. The van der Waals surface area contributed by atoms with Crippen molar-refractivity contribution < 1.29 is 14.3 Å². The number of carbonyl (C=O) groups is 2. The summed E-state index contributed by atoms with van der Waals surface area (Å²) in [4.78, 5) is 25.7. The normalized spacial score (nSPS) is 14.3. The molecule has 0 aliphatic carbocycles. The van der Waals surface area contributed by atoms with Gasteiger partial charge in [0, 0.05) is 19.1 Å². The first-order valence-corrected chi connectivity index (χ1v) is 9.91. The van der Waals surface area contributed by atoms with Crippen molar-refractivity contribution in [2.24, 2.45) is 0 Å². The summed E-state index contributed by atoms with van der Waals surface area (Å²) < 4.78 is 5.03. The van der Waals surface area contributed by atoms with Gasteiger partial charge in [-0.3, -0.25) is 4.79 Å². The molecule has 2 heterocycles. The van der Waals surface area contributed by atoms with Gasteiger partial charge in [0.15, 0.2) is 5.82 Å². The van der Waals surface area contributed by atoms with Gasteiger partial charge in [-0.05, 0) is 49.9 Å². The van der Waals surface area contributed by atoms with E-state index in [1.54, 1.807) is 24.0 Å². The number of anilines is 2. The fourth-order valence-corrected chi connectivity index (χ4v) is 3.27. The zero-order valence-electron chi connectivity index (χ0n) is 16.9. The minimum absolute atomic E-state index is 0.124. The van der Waals surface area contributed by atoms with Gasteiger partial charge < -0.3 is 20.3 Å². The lowest BCUT2D eigenvalue weighted by Crippen LogP contribution is -2.42. The molecule has 8 heteroatoms. The minimum Gasteiger partial charge on any atom is -0.450 e. The Bertz CT molecular complexity index is 832. The molecule has 0 spiro atoms. The van der Waals surface area contributed by atoms with E-state index in [1.807, 2.05) is 31.2 Å². The summed E-state index contributed by atoms with van der Waals surface area (Å²) in [6, 6.07) is 11.6. The molecule has 8 nitrogen and oxygen atoms in total. The van der Waals surface area contributed by atoms with E-state index >= 15 is 0 Å². The topological polar surface area (TPSA) is 96.5 Å². The Balaban J connectivity index is 1.46. The molecule has 154 valence electrons. The van der Waals surface area contributed by atoms with Crippen molar-refractivity contribution in [3.63, 3.8) is 0 Å². The maximum Gasteiger partial charge on any atom is 0.409 e. The molecule has 2 N–H and O–H groups in total. The first kappa shape index (κ1) is 20.6. The molecule has 0 radical (unpaired) electrons. The monoisotopic (exact) mass is 397 g/mol. The predicted octanol–water partition coefficient (Wildman–Crippen LogP) is 3.00. The molecule has 1 fully saturated rings. The predicted molar refractivity (Wildman–Crippen MR) is 111 cm³/mol. The van der Waals surface area contributed by atoms with Gasteiger partial charge in [-0.2, -0.15) is 0 Å². The molecular formula is C21H27N5O3. The van der Waals surface area contributed by atoms with E-state index in [9.17, 15) is 9.59 Å². The number of nitrogens with zero attached hydrogens (tertiary/aromatic N) is 3. The van der Waals surface area contributed by atoms with Crippen molar-refractivity contribution in [2.45, 2.75) is 39.2 Å². The van der Waals surface area contributed by atoms with Crippen molar-refractivity contribution in [3.8, 4) is 0 Å². The maximum atomic E-state index is 12.2. The van der Waals surface area contributed by atoms with E-state index < -0.39 is 0 Å². The van der Waals surface area contributed by atoms with Crippen LogP contribution in [-0.2, 0) is 16.0 Å². The third-order valence-electron chi connectivity index (χ3n) is 4.92. The maximum absolute atomic E-state index is 12.2. The zero-order chi connectivity index (χ0) is 20.6. The molecular weight excluding hydrogens is 370 g/mol. The molecule has 0 atom stereocenters. The summed E-state index contributed by atoms with van der Waals surface area (Å²) in [6.45, 7) is 5.48. The number of amides is 2. The molecule has 29 heavy (non-hydrogen) atoms. The third kappa shape index (κ3) is 5.91. The molecule has 2 amide bonds.